The first-order chi connectivity index (χ1) is 5.31. The first-order valence-electron chi connectivity index (χ1n) is 4.08. The standard InChI is InChI=1S/C8H19NO3/c1-6(10)5-9-7(11)12-8(2,3)4/h6-7,9-11H,5H2,1-4H3. The van der Waals surface area contributed by atoms with E-state index in [9.17, 15) is 5.11 Å². The summed E-state index contributed by atoms with van der Waals surface area (Å²) in [4.78, 5) is 0. The van der Waals surface area contributed by atoms with Crippen molar-refractivity contribution in [1.29, 1.82) is 0 Å². The van der Waals surface area contributed by atoms with E-state index in [0.717, 1.165) is 0 Å². The van der Waals surface area contributed by atoms with Crippen LogP contribution < -0.4 is 5.32 Å². The van der Waals surface area contributed by atoms with Gasteiger partial charge in [0.1, 0.15) is 0 Å². The van der Waals surface area contributed by atoms with Crippen LogP contribution in [0, 0.1) is 0 Å². The average Bonchev–Trinajstić information content (AvgIpc) is 1.79. The summed E-state index contributed by atoms with van der Waals surface area (Å²) in [6.45, 7) is 7.49. The second kappa shape index (κ2) is 4.77. The van der Waals surface area contributed by atoms with Gasteiger partial charge in [-0.25, -0.2) is 0 Å². The molecule has 0 rings (SSSR count). The molecule has 3 N–H and O–H groups in total. The van der Waals surface area contributed by atoms with Gasteiger partial charge in [-0.3, -0.25) is 5.32 Å². The number of aliphatic hydroxyl groups is 2. The highest BCUT2D eigenvalue weighted by atomic mass is 16.6. The minimum Gasteiger partial charge on any atom is -0.392 e. The Hall–Kier alpha value is -0.160. The van der Waals surface area contributed by atoms with Crippen LogP contribution in [-0.2, 0) is 4.74 Å². The molecular weight excluding hydrogens is 158 g/mol. The van der Waals surface area contributed by atoms with Gasteiger partial charge in [-0.1, -0.05) is 0 Å². The van der Waals surface area contributed by atoms with Gasteiger partial charge in [-0.2, -0.15) is 0 Å². The monoisotopic (exact) mass is 177 g/mol. The van der Waals surface area contributed by atoms with Gasteiger partial charge in [0.2, 0.25) is 6.41 Å². The van der Waals surface area contributed by atoms with Gasteiger partial charge in [-0.05, 0) is 27.7 Å². The van der Waals surface area contributed by atoms with E-state index < -0.39 is 12.5 Å². The number of aliphatic hydroxyl groups excluding tert-OH is 2. The fourth-order valence-electron chi connectivity index (χ4n) is 0.648. The first kappa shape index (κ1) is 11.8. The summed E-state index contributed by atoms with van der Waals surface area (Å²) < 4.78 is 5.12. The molecule has 0 aromatic heterocycles. The summed E-state index contributed by atoms with van der Waals surface area (Å²) in [7, 11) is 0. The van der Waals surface area contributed by atoms with Crippen molar-refractivity contribution >= 4 is 0 Å². The Morgan fingerprint density at radius 2 is 1.83 bits per heavy atom. The molecule has 0 aliphatic heterocycles. The van der Waals surface area contributed by atoms with Crippen molar-refractivity contribution < 1.29 is 14.9 Å². The number of nitrogens with one attached hydrogen (secondary N) is 1. The number of ether oxygens (including phenoxy) is 1. The Kier molecular flexibility index (Phi) is 4.70. The quantitative estimate of drug-likeness (QED) is 0.531. The van der Waals surface area contributed by atoms with E-state index >= 15 is 0 Å². The molecule has 0 aromatic rings. The number of hydrogen-bond acceptors (Lipinski definition) is 4. The van der Waals surface area contributed by atoms with Crippen LogP contribution in [0.15, 0.2) is 0 Å². The highest BCUT2D eigenvalue weighted by molar-refractivity contribution is 4.60. The zero-order chi connectivity index (χ0) is 9.78. The van der Waals surface area contributed by atoms with E-state index in [1.165, 1.54) is 0 Å². The van der Waals surface area contributed by atoms with Crippen LogP contribution in [0.5, 0.6) is 0 Å². The molecular formula is C8H19NO3. The van der Waals surface area contributed by atoms with Crippen molar-refractivity contribution in [3.63, 3.8) is 0 Å². The zero-order valence-corrected chi connectivity index (χ0v) is 8.16. The molecule has 0 radical (unpaired) electrons. The first-order valence-corrected chi connectivity index (χ1v) is 4.08. The second-order valence-corrected chi connectivity index (χ2v) is 3.84. The molecule has 12 heavy (non-hydrogen) atoms. The largest absolute Gasteiger partial charge is 0.392 e. The fourth-order valence-corrected chi connectivity index (χ4v) is 0.648. The molecule has 0 amide bonds. The molecule has 0 bridgehead atoms. The van der Waals surface area contributed by atoms with Crippen LogP contribution >= 0.6 is 0 Å². The van der Waals surface area contributed by atoms with Crippen LogP contribution in [0.2, 0.25) is 0 Å². The fraction of sp³-hybridized carbons (Fsp3) is 1.00. The molecule has 0 heterocycles. The van der Waals surface area contributed by atoms with Gasteiger partial charge in [-0.15, -0.1) is 0 Å². The maximum atomic E-state index is 9.19. The number of hydrogen-bond donors (Lipinski definition) is 3. The molecule has 2 unspecified atom stereocenters. The topological polar surface area (TPSA) is 61.7 Å². The molecule has 0 aliphatic carbocycles. The zero-order valence-electron chi connectivity index (χ0n) is 8.16. The maximum absolute atomic E-state index is 9.19. The lowest BCUT2D eigenvalue weighted by Crippen LogP contribution is -2.40. The van der Waals surface area contributed by atoms with Crippen LogP contribution in [0.3, 0.4) is 0 Å². The van der Waals surface area contributed by atoms with Crippen molar-refractivity contribution in [3.05, 3.63) is 0 Å². The van der Waals surface area contributed by atoms with Crippen LogP contribution in [0.4, 0.5) is 0 Å². The summed E-state index contributed by atoms with van der Waals surface area (Å²) in [6.07, 6.45) is -1.50. The van der Waals surface area contributed by atoms with Crippen molar-refractivity contribution in [2.75, 3.05) is 6.54 Å². The number of rotatable bonds is 4. The molecule has 0 spiro atoms. The minimum atomic E-state index is -1.01. The van der Waals surface area contributed by atoms with E-state index in [2.05, 4.69) is 5.32 Å². The van der Waals surface area contributed by atoms with Gasteiger partial charge in [0, 0.05) is 6.54 Å². The van der Waals surface area contributed by atoms with Gasteiger partial charge >= 0.3 is 0 Å². The van der Waals surface area contributed by atoms with E-state index in [1.54, 1.807) is 6.92 Å². The highest BCUT2D eigenvalue weighted by Crippen LogP contribution is 2.07. The summed E-state index contributed by atoms with van der Waals surface area (Å²) in [5.74, 6) is 0. The Labute approximate surface area is 73.5 Å². The lowest BCUT2D eigenvalue weighted by Gasteiger charge is -2.24. The summed E-state index contributed by atoms with van der Waals surface area (Å²) >= 11 is 0. The van der Waals surface area contributed by atoms with E-state index in [-0.39, 0.29) is 5.60 Å². The minimum absolute atomic E-state index is 0.317. The Morgan fingerprint density at radius 1 is 1.33 bits per heavy atom. The highest BCUT2D eigenvalue weighted by Gasteiger charge is 2.15. The van der Waals surface area contributed by atoms with Crippen LogP contribution in [0.1, 0.15) is 27.7 Å². The lowest BCUT2D eigenvalue weighted by molar-refractivity contribution is -0.183. The van der Waals surface area contributed by atoms with Gasteiger partial charge < -0.3 is 14.9 Å². The molecule has 2 atom stereocenters. The van der Waals surface area contributed by atoms with Crippen molar-refractivity contribution in [3.8, 4) is 0 Å². The summed E-state index contributed by atoms with van der Waals surface area (Å²) in [6, 6.07) is 0. The summed E-state index contributed by atoms with van der Waals surface area (Å²) in [5.41, 5.74) is -0.384. The van der Waals surface area contributed by atoms with Crippen molar-refractivity contribution in [2.24, 2.45) is 0 Å². The second-order valence-electron chi connectivity index (χ2n) is 3.84. The molecule has 4 heteroatoms. The molecule has 0 saturated carbocycles. The molecule has 0 saturated heterocycles. The normalized spacial score (nSPS) is 17.5. The maximum Gasteiger partial charge on any atom is 0.214 e. The molecule has 0 aromatic carbocycles. The van der Waals surface area contributed by atoms with Gasteiger partial charge in [0.15, 0.2) is 0 Å². The third-order valence-corrected chi connectivity index (χ3v) is 1.05. The Bertz CT molecular complexity index is 120. The molecule has 0 fully saturated rings. The Balaban J connectivity index is 3.53. The van der Waals surface area contributed by atoms with Crippen molar-refractivity contribution in [1.82, 2.24) is 5.32 Å². The predicted octanol–water partition coefficient (Wildman–Crippen LogP) is 0.0478. The third-order valence-electron chi connectivity index (χ3n) is 1.05. The van der Waals surface area contributed by atoms with E-state index in [4.69, 9.17) is 9.84 Å². The average molecular weight is 177 g/mol. The smallest absolute Gasteiger partial charge is 0.214 e. The molecule has 74 valence electrons. The van der Waals surface area contributed by atoms with E-state index in [0.29, 0.717) is 6.54 Å². The third kappa shape index (κ3) is 7.94. The summed E-state index contributed by atoms with van der Waals surface area (Å²) in [5, 5.41) is 20.7. The van der Waals surface area contributed by atoms with Crippen LogP contribution in [0.25, 0.3) is 0 Å². The molecule has 4 nitrogen and oxygen atoms in total. The SMILES string of the molecule is CC(O)CNC(O)OC(C)(C)C. The van der Waals surface area contributed by atoms with Crippen LogP contribution in [-0.4, -0.2) is 34.9 Å². The Morgan fingerprint density at radius 3 is 2.17 bits per heavy atom. The molecule has 0 aliphatic rings. The predicted molar refractivity (Wildman–Crippen MR) is 46.5 cm³/mol. The lowest BCUT2D eigenvalue weighted by atomic mass is 10.2. The van der Waals surface area contributed by atoms with E-state index in [1.807, 2.05) is 20.8 Å². The van der Waals surface area contributed by atoms with Gasteiger partial charge in [0.05, 0.1) is 11.7 Å². The van der Waals surface area contributed by atoms with Gasteiger partial charge in [0.25, 0.3) is 0 Å². The van der Waals surface area contributed by atoms with Crippen molar-refractivity contribution in [2.45, 2.75) is 45.8 Å².